The van der Waals surface area contributed by atoms with Crippen LogP contribution in [0.3, 0.4) is 0 Å². The normalized spacial score (nSPS) is 12.6. The fourth-order valence-corrected chi connectivity index (χ4v) is 10.3. The number of esters is 3. The van der Waals surface area contributed by atoms with Crippen LogP contribution in [0.25, 0.3) is 0 Å². The molecule has 0 aromatic carbocycles. The average Bonchev–Trinajstić information content (AvgIpc) is 3.47. The van der Waals surface area contributed by atoms with Crippen molar-refractivity contribution in [3.63, 3.8) is 0 Å². The van der Waals surface area contributed by atoms with E-state index in [1.165, 1.54) is 238 Å². The van der Waals surface area contributed by atoms with Crippen LogP contribution in [0, 0.1) is 0 Å². The predicted molar refractivity (Wildman–Crippen MR) is 358 cm³/mol. The summed E-state index contributed by atoms with van der Waals surface area (Å²) in [6.07, 6.45) is 93.8. The van der Waals surface area contributed by atoms with E-state index in [1.54, 1.807) is 6.08 Å². The van der Waals surface area contributed by atoms with Gasteiger partial charge < -0.3 is 14.2 Å². The molecule has 0 saturated carbocycles. The van der Waals surface area contributed by atoms with Gasteiger partial charge in [-0.25, -0.2) is 0 Å². The van der Waals surface area contributed by atoms with Gasteiger partial charge in [0, 0.05) is 12.8 Å². The number of carbonyl (C=O) groups is 3. The van der Waals surface area contributed by atoms with E-state index < -0.39 is 12.1 Å². The maximum absolute atomic E-state index is 12.9. The van der Waals surface area contributed by atoms with E-state index in [2.05, 4.69) is 93.7 Å². The van der Waals surface area contributed by atoms with Gasteiger partial charge in [-0.15, -0.1) is 0 Å². The van der Waals surface area contributed by atoms with Crippen molar-refractivity contribution in [1.29, 1.82) is 0 Å². The van der Waals surface area contributed by atoms with Crippen molar-refractivity contribution in [1.82, 2.24) is 0 Å². The van der Waals surface area contributed by atoms with Crippen molar-refractivity contribution < 1.29 is 28.6 Å². The van der Waals surface area contributed by atoms with E-state index in [1.807, 2.05) is 6.08 Å². The summed E-state index contributed by atoms with van der Waals surface area (Å²) in [5.74, 6) is -1.03. The second-order valence-corrected chi connectivity index (χ2v) is 23.8. The van der Waals surface area contributed by atoms with Crippen LogP contribution in [0.4, 0.5) is 0 Å². The van der Waals surface area contributed by atoms with E-state index in [0.717, 1.165) is 83.5 Å². The summed E-state index contributed by atoms with van der Waals surface area (Å²) < 4.78 is 16.8. The quantitative estimate of drug-likeness (QED) is 0.0261. The first kappa shape index (κ1) is 78.6. The Morgan fingerprint density at radius 3 is 0.841 bits per heavy atom. The molecule has 0 fully saturated rings. The van der Waals surface area contributed by atoms with E-state index in [4.69, 9.17) is 14.2 Å². The standard InChI is InChI=1S/C76H134O6/c1-4-7-10-13-16-19-22-25-28-30-31-32-33-34-35-36-37-38-39-40-41-42-43-44-45-46-49-51-54-57-60-63-66-69-75(78)81-72-73(71-80-74(77)68-65-62-59-56-53-50-47-27-24-21-18-15-12-9-6-3)82-76(79)70-67-64-61-58-55-52-48-29-26-23-20-17-14-11-8-5-2/h9,12,18,21,27,29-31,47-48,53,56,62,65,73H,4-8,10-11,13-17,19-20,22-26,28,32-46,49-52,54-55,57-61,63-64,66-72H2,1-3H3/b12-9-,21-18-,31-30-,47-27-,48-29-,56-53-,65-62-. The minimum atomic E-state index is -0.821. The highest BCUT2D eigenvalue weighted by Crippen LogP contribution is 2.18. The predicted octanol–water partition coefficient (Wildman–Crippen LogP) is 24.6. The van der Waals surface area contributed by atoms with Gasteiger partial charge in [0.2, 0.25) is 0 Å². The van der Waals surface area contributed by atoms with Gasteiger partial charge in [0.15, 0.2) is 6.10 Å². The number of ether oxygens (including phenoxy) is 3. The zero-order chi connectivity index (χ0) is 59.2. The lowest BCUT2D eigenvalue weighted by Crippen LogP contribution is -2.30. The summed E-state index contributed by atoms with van der Waals surface area (Å²) >= 11 is 0. The van der Waals surface area contributed by atoms with Crippen LogP contribution in [-0.4, -0.2) is 37.2 Å². The molecule has 0 N–H and O–H groups in total. The molecule has 0 aliphatic rings. The van der Waals surface area contributed by atoms with Crippen LogP contribution in [0.2, 0.25) is 0 Å². The molecule has 474 valence electrons. The molecule has 1 atom stereocenters. The molecule has 0 aliphatic heterocycles. The molecule has 6 heteroatoms. The van der Waals surface area contributed by atoms with Gasteiger partial charge in [0.25, 0.3) is 0 Å². The molecule has 6 nitrogen and oxygen atoms in total. The number of carbonyl (C=O) groups excluding carboxylic acids is 3. The van der Waals surface area contributed by atoms with Crippen LogP contribution in [0.5, 0.6) is 0 Å². The van der Waals surface area contributed by atoms with Gasteiger partial charge in [-0.3, -0.25) is 14.4 Å². The Bertz CT molecular complexity index is 1550. The zero-order valence-electron chi connectivity index (χ0n) is 54.5. The Morgan fingerprint density at radius 1 is 0.268 bits per heavy atom. The van der Waals surface area contributed by atoms with Crippen molar-refractivity contribution in [3.8, 4) is 0 Å². The van der Waals surface area contributed by atoms with Crippen molar-refractivity contribution in [3.05, 3.63) is 85.1 Å². The van der Waals surface area contributed by atoms with Crippen molar-refractivity contribution in [2.45, 2.75) is 367 Å². The van der Waals surface area contributed by atoms with Crippen molar-refractivity contribution in [2.24, 2.45) is 0 Å². The summed E-state index contributed by atoms with van der Waals surface area (Å²) in [7, 11) is 0. The first-order valence-electron chi connectivity index (χ1n) is 35.6. The van der Waals surface area contributed by atoms with Gasteiger partial charge in [0.05, 0.1) is 6.42 Å². The fourth-order valence-electron chi connectivity index (χ4n) is 10.3. The molecule has 0 bridgehead atoms. The van der Waals surface area contributed by atoms with Gasteiger partial charge in [-0.2, -0.15) is 0 Å². The molecule has 0 aromatic heterocycles. The minimum absolute atomic E-state index is 0.107. The second kappa shape index (κ2) is 70.1. The molecule has 0 aromatic rings. The zero-order valence-corrected chi connectivity index (χ0v) is 54.5. The highest BCUT2D eigenvalue weighted by Gasteiger charge is 2.19. The molecule has 0 aliphatic carbocycles. The third-order valence-corrected chi connectivity index (χ3v) is 15.6. The Hall–Kier alpha value is -3.41. The number of unbranched alkanes of at least 4 members (excludes halogenated alkanes) is 41. The molecule has 0 amide bonds. The van der Waals surface area contributed by atoms with E-state index >= 15 is 0 Å². The molecule has 0 rings (SSSR count). The highest BCUT2D eigenvalue weighted by atomic mass is 16.6. The Balaban J connectivity index is 4.20. The number of rotatable bonds is 65. The minimum Gasteiger partial charge on any atom is -0.462 e. The Morgan fingerprint density at radius 2 is 0.524 bits per heavy atom. The van der Waals surface area contributed by atoms with E-state index in [9.17, 15) is 14.4 Å². The summed E-state index contributed by atoms with van der Waals surface area (Å²) in [5, 5.41) is 0. The maximum atomic E-state index is 12.9. The number of hydrogen-bond donors (Lipinski definition) is 0. The van der Waals surface area contributed by atoms with Crippen molar-refractivity contribution in [2.75, 3.05) is 13.2 Å². The lowest BCUT2D eigenvalue weighted by Gasteiger charge is -2.18. The third-order valence-electron chi connectivity index (χ3n) is 15.6. The molecular formula is C76H134O6. The van der Waals surface area contributed by atoms with Crippen molar-refractivity contribution >= 4 is 17.9 Å². The fraction of sp³-hybridized carbons (Fsp3) is 0.776. The first-order valence-corrected chi connectivity index (χ1v) is 35.6. The molecule has 0 heterocycles. The van der Waals surface area contributed by atoms with E-state index in [0.29, 0.717) is 12.8 Å². The van der Waals surface area contributed by atoms with Gasteiger partial charge in [0.1, 0.15) is 13.2 Å². The van der Waals surface area contributed by atoms with Crippen LogP contribution in [-0.2, 0) is 28.6 Å². The van der Waals surface area contributed by atoms with Gasteiger partial charge in [-0.05, 0) is 96.3 Å². The molecule has 0 spiro atoms. The lowest BCUT2D eigenvalue weighted by molar-refractivity contribution is -0.166. The SMILES string of the molecule is CC/C=C\C/C=C\C/C=C\C/C=C\C/C=C\CC(=O)OCC(COC(=O)CCCCCCCCCCCCCCCCCCCCCCC/C=C\CCCCCCCCCC)OC(=O)CCCCCCC/C=C\CCCCCCCCC. The summed E-state index contributed by atoms with van der Waals surface area (Å²) in [6.45, 7) is 6.47. The molecule has 0 saturated heterocycles. The summed E-state index contributed by atoms with van der Waals surface area (Å²) in [4.78, 5) is 38.3. The van der Waals surface area contributed by atoms with Crippen LogP contribution in [0.1, 0.15) is 361 Å². The Labute approximate surface area is 509 Å². The average molecular weight is 1140 g/mol. The number of hydrogen-bond acceptors (Lipinski definition) is 6. The molecule has 1 unspecified atom stereocenters. The Kier molecular flexibility index (Phi) is 67.2. The lowest BCUT2D eigenvalue weighted by atomic mass is 10.0. The van der Waals surface area contributed by atoms with Gasteiger partial charge in [-0.1, -0.05) is 331 Å². The first-order chi connectivity index (χ1) is 40.5. The monoisotopic (exact) mass is 1140 g/mol. The van der Waals surface area contributed by atoms with Crippen LogP contribution >= 0.6 is 0 Å². The highest BCUT2D eigenvalue weighted by molar-refractivity contribution is 5.72. The number of allylic oxidation sites excluding steroid dienone is 13. The van der Waals surface area contributed by atoms with E-state index in [-0.39, 0.29) is 31.6 Å². The van der Waals surface area contributed by atoms with Gasteiger partial charge >= 0.3 is 17.9 Å². The summed E-state index contributed by atoms with van der Waals surface area (Å²) in [5.41, 5.74) is 0. The molecule has 82 heavy (non-hydrogen) atoms. The maximum Gasteiger partial charge on any atom is 0.309 e. The summed E-state index contributed by atoms with van der Waals surface area (Å²) in [6, 6.07) is 0. The topological polar surface area (TPSA) is 78.9 Å². The molecule has 0 radical (unpaired) electrons. The molecular weight excluding hydrogens is 1010 g/mol. The van der Waals surface area contributed by atoms with Crippen LogP contribution in [0.15, 0.2) is 85.1 Å². The second-order valence-electron chi connectivity index (χ2n) is 23.8. The third kappa shape index (κ3) is 67.4. The van der Waals surface area contributed by atoms with Crippen LogP contribution < -0.4 is 0 Å². The largest absolute Gasteiger partial charge is 0.462 e. The smallest absolute Gasteiger partial charge is 0.309 e.